The Balaban J connectivity index is 1.27. The van der Waals surface area contributed by atoms with Crippen LogP contribution >= 0.6 is 0 Å². The molecule has 2 heterocycles. The van der Waals surface area contributed by atoms with Crippen molar-refractivity contribution in [1.29, 1.82) is 0 Å². The Hall–Kier alpha value is -4.97. The van der Waals surface area contributed by atoms with Crippen molar-refractivity contribution in [3.63, 3.8) is 0 Å². The van der Waals surface area contributed by atoms with Crippen molar-refractivity contribution in [2.24, 2.45) is 0 Å². The number of aromatic nitrogens is 1. The summed E-state index contributed by atoms with van der Waals surface area (Å²) in [6.07, 6.45) is 0. The molecule has 0 aliphatic rings. The van der Waals surface area contributed by atoms with Crippen LogP contribution in [0.25, 0.3) is 44.7 Å². The fourth-order valence-corrected chi connectivity index (χ4v) is 4.30. The monoisotopic (exact) mass is 486 g/mol. The number of para-hydroxylation sites is 1. The van der Waals surface area contributed by atoms with Gasteiger partial charge in [-0.05, 0) is 85.1 Å². The van der Waals surface area contributed by atoms with Crippen molar-refractivity contribution in [2.75, 3.05) is 5.32 Å². The predicted octanol–water partition coefficient (Wildman–Crippen LogP) is 7.14. The van der Waals surface area contributed by atoms with Gasteiger partial charge >= 0.3 is 5.63 Å². The van der Waals surface area contributed by atoms with Crippen LogP contribution in [0.3, 0.4) is 0 Å². The number of hydrogen-bond acceptors (Lipinski definition) is 5. The molecule has 0 radical (unpaired) electrons. The summed E-state index contributed by atoms with van der Waals surface area (Å²) in [6, 6.07) is 27.4. The molecule has 0 saturated carbocycles. The number of nitrogens with zero attached hydrogens (tertiary/aromatic N) is 1. The van der Waals surface area contributed by atoms with Crippen molar-refractivity contribution in [3.05, 3.63) is 118 Å². The number of rotatable bonds is 4. The van der Waals surface area contributed by atoms with Gasteiger partial charge in [0.25, 0.3) is 5.91 Å². The first-order valence-corrected chi connectivity index (χ1v) is 11.9. The molecule has 0 aliphatic heterocycles. The molecule has 0 fully saturated rings. The Kier molecular flexibility index (Phi) is 5.42. The van der Waals surface area contributed by atoms with Gasteiger partial charge in [0.2, 0.25) is 5.89 Å². The number of nitrogens with one attached hydrogen (secondary N) is 1. The van der Waals surface area contributed by atoms with E-state index < -0.39 is 5.63 Å². The molecule has 6 aromatic rings. The Bertz CT molecular complexity index is 1880. The fourth-order valence-electron chi connectivity index (χ4n) is 4.30. The zero-order valence-corrected chi connectivity index (χ0v) is 20.2. The molecule has 1 amide bonds. The third-order valence-corrected chi connectivity index (χ3v) is 6.48. The van der Waals surface area contributed by atoms with E-state index in [-0.39, 0.29) is 5.91 Å². The van der Waals surface area contributed by atoms with E-state index in [0.717, 1.165) is 16.5 Å². The second-order valence-corrected chi connectivity index (χ2v) is 9.02. The normalized spacial score (nSPS) is 11.2. The smallest absolute Gasteiger partial charge is 0.344 e. The van der Waals surface area contributed by atoms with E-state index in [2.05, 4.69) is 24.1 Å². The van der Waals surface area contributed by atoms with Gasteiger partial charge in [-0.25, -0.2) is 9.78 Å². The summed E-state index contributed by atoms with van der Waals surface area (Å²) in [4.78, 5) is 30.3. The summed E-state index contributed by atoms with van der Waals surface area (Å²) in [5, 5.41) is 3.73. The zero-order valence-electron chi connectivity index (χ0n) is 20.2. The molecule has 0 atom stereocenters. The third-order valence-electron chi connectivity index (χ3n) is 6.48. The van der Waals surface area contributed by atoms with E-state index >= 15 is 0 Å². The van der Waals surface area contributed by atoms with Gasteiger partial charge in [-0.3, -0.25) is 4.79 Å². The van der Waals surface area contributed by atoms with Crippen LogP contribution in [0.15, 0.2) is 105 Å². The van der Waals surface area contributed by atoms with Crippen LogP contribution in [-0.2, 0) is 0 Å². The number of anilines is 1. The Morgan fingerprint density at radius 3 is 2.49 bits per heavy atom. The van der Waals surface area contributed by atoms with Gasteiger partial charge in [0, 0.05) is 22.2 Å². The minimum Gasteiger partial charge on any atom is -0.436 e. The SMILES string of the molecule is Cc1ccc(-c2nc3cc(NC(=O)c4cccc(-c5cc6ccccc6oc5=O)c4)ccc3o2)cc1C. The van der Waals surface area contributed by atoms with E-state index in [4.69, 9.17) is 8.83 Å². The van der Waals surface area contributed by atoms with Crippen molar-refractivity contribution < 1.29 is 13.6 Å². The second-order valence-electron chi connectivity index (χ2n) is 9.02. The highest BCUT2D eigenvalue weighted by atomic mass is 16.4. The molecule has 0 aliphatic carbocycles. The average Bonchev–Trinajstić information content (AvgIpc) is 3.33. The Morgan fingerprint density at radius 2 is 1.62 bits per heavy atom. The van der Waals surface area contributed by atoms with Gasteiger partial charge in [0.15, 0.2) is 5.58 Å². The number of aryl methyl sites for hydroxylation is 2. The average molecular weight is 487 g/mol. The van der Waals surface area contributed by atoms with Crippen molar-refractivity contribution >= 4 is 33.7 Å². The third kappa shape index (κ3) is 4.29. The van der Waals surface area contributed by atoms with E-state index in [9.17, 15) is 9.59 Å². The van der Waals surface area contributed by atoms with Gasteiger partial charge in [0.05, 0.1) is 5.56 Å². The molecule has 0 bridgehead atoms. The second kappa shape index (κ2) is 8.91. The Morgan fingerprint density at radius 1 is 0.757 bits per heavy atom. The summed E-state index contributed by atoms with van der Waals surface area (Å²) in [7, 11) is 0. The zero-order chi connectivity index (χ0) is 25.5. The number of benzene rings is 4. The van der Waals surface area contributed by atoms with Gasteiger partial charge in [-0.15, -0.1) is 0 Å². The lowest BCUT2D eigenvalue weighted by Crippen LogP contribution is -2.12. The Labute approximate surface area is 212 Å². The standard InChI is InChI=1S/C31H22N2O4/c1-18-10-11-23(14-19(18)2)30-33-26-17-24(12-13-28(26)36-30)32-29(34)22-8-5-7-20(15-22)25-16-21-6-3-4-9-27(21)37-31(25)35/h3-17H,1-2H3,(H,32,34). The molecule has 180 valence electrons. The van der Waals surface area contributed by atoms with Crippen LogP contribution in [0.1, 0.15) is 21.5 Å². The van der Waals surface area contributed by atoms with Crippen LogP contribution < -0.4 is 10.9 Å². The van der Waals surface area contributed by atoms with E-state index in [1.165, 1.54) is 5.56 Å². The molecule has 1 N–H and O–H groups in total. The van der Waals surface area contributed by atoms with Crippen LogP contribution in [0.4, 0.5) is 5.69 Å². The molecular weight excluding hydrogens is 464 g/mol. The number of hydrogen-bond donors (Lipinski definition) is 1. The quantitative estimate of drug-likeness (QED) is 0.268. The highest BCUT2D eigenvalue weighted by molar-refractivity contribution is 6.05. The fraction of sp³-hybridized carbons (Fsp3) is 0.0645. The van der Waals surface area contributed by atoms with Crippen molar-refractivity contribution in [3.8, 4) is 22.6 Å². The predicted molar refractivity (Wildman–Crippen MR) is 145 cm³/mol. The highest BCUT2D eigenvalue weighted by Gasteiger charge is 2.14. The number of carbonyl (C=O) groups is 1. The topological polar surface area (TPSA) is 85.3 Å². The van der Waals surface area contributed by atoms with Gasteiger partial charge < -0.3 is 14.2 Å². The van der Waals surface area contributed by atoms with E-state index in [0.29, 0.717) is 45.0 Å². The molecule has 2 aromatic heterocycles. The molecule has 6 nitrogen and oxygen atoms in total. The van der Waals surface area contributed by atoms with Crippen molar-refractivity contribution in [2.45, 2.75) is 13.8 Å². The summed E-state index contributed by atoms with van der Waals surface area (Å²) in [6.45, 7) is 4.11. The maximum Gasteiger partial charge on any atom is 0.344 e. The van der Waals surface area contributed by atoms with Gasteiger partial charge in [-0.1, -0.05) is 36.4 Å². The number of amides is 1. The highest BCUT2D eigenvalue weighted by Crippen LogP contribution is 2.28. The lowest BCUT2D eigenvalue weighted by atomic mass is 10.0. The van der Waals surface area contributed by atoms with Crippen LogP contribution in [0.5, 0.6) is 0 Å². The van der Waals surface area contributed by atoms with Crippen LogP contribution in [-0.4, -0.2) is 10.9 Å². The molecular formula is C31H22N2O4. The number of carbonyl (C=O) groups excluding carboxylic acids is 1. The minimum atomic E-state index is -0.452. The van der Waals surface area contributed by atoms with Crippen LogP contribution in [0.2, 0.25) is 0 Å². The van der Waals surface area contributed by atoms with Crippen LogP contribution in [0, 0.1) is 13.8 Å². The molecule has 6 rings (SSSR count). The van der Waals surface area contributed by atoms with Gasteiger partial charge in [0.1, 0.15) is 11.1 Å². The van der Waals surface area contributed by atoms with E-state index in [1.54, 1.807) is 54.6 Å². The maximum absolute atomic E-state index is 13.1. The lowest BCUT2D eigenvalue weighted by Gasteiger charge is -2.07. The lowest BCUT2D eigenvalue weighted by molar-refractivity contribution is 0.102. The molecule has 0 spiro atoms. The molecule has 6 heteroatoms. The molecule has 0 saturated heterocycles. The molecule has 4 aromatic carbocycles. The first-order chi connectivity index (χ1) is 17.9. The first kappa shape index (κ1) is 22.5. The summed E-state index contributed by atoms with van der Waals surface area (Å²) in [5.74, 6) is 0.229. The van der Waals surface area contributed by atoms with Crippen molar-refractivity contribution in [1.82, 2.24) is 4.98 Å². The maximum atomic E-state index is 13.1. The summed E-state index contributed by atoms with van der Waals surface area (Å²) >= 11 is 0. The number of fused-ring (bicyclic) bond motifs is 2. The van der Waals surface area contributed by atoms with E-state index in [1.807, 2.05) is 36.4 Å². The van der Waals surface area contributed by atoms with Gasteiger partial charge in [-0.2, -0.15) is 0 Å². The molecule has 0 unspecified atom stereocenters. The minimum absolute atomic E-state index is 0.302. The summed E-state index contributed by atoms with van der Waals surface area (Å²) < 4.78 is 11.4. The molecule has 37 heavy (non-hydrogen) atoms. The summed E-state index contributed by atoms with van der Waals surface area (Å²) in [5.41, 5.74) is 6.64. The largest absolute Gasteiger partial charge is 0.436 e. The number of oxazole rings is 1. The first-order valence-electron chi connectivity index (χ1n) is 11.9.